The van der Waals surface area contributed by atoms with Crippen molar-refractivity contribution < 1.29 is 4.79 Å². The van der Waals surface area contributed by atoms with E-state index in [2.05, 4.69) is 24.3 Å². The van der Waals surface area contributed by atoms with E-state index < -0.39 is 0 Å². The number of hydrogen-bond donors (Lipinski definition) is 1. The first-order chi connectivity index (χ1) is 11.0. The molecule has 2 heterocycles. The fourth-order valence-electron chi connectivity index (χ4n) is 3.52. The number of carbonyl (C=O) groups excluding carboxylic acids is 1. The van der Waals surface area contributed by atoms with Crippen molar-refractivity contribution in [3.63, 3.8) is 0 Å². The van der Waals surface area contributed by atoms with E-state index >= 15 is 0 Å². The van der Waals surface area contributed by atoms with E-state index in [1.165, 1.54) is 11.1 Å². The maximum atomic E-state index is 12.4. The van der Waals surface area contributed by atoms with E-state index in [1.54, 1.807) is 22.7 Å². The fourth-order valence-corrected chi connectivity index (χ4v) is 3.52. The van der Waals surface area contributed by atoms with Crippen molar-refractivity contribution >= 4 is 11.4 Å². The Labute approximate surface area is 135 Å². The van der Waals surface area contributed by atoms with Gasteiger partial charge in [0.1, 0.15) is 17.9 Å². The first-order valence-corrected chi connectivity index (χ1v) is 8.31. The van der Waals surface area contributed by atoms with Crippen LogP contribution in [0.2, 0.25) is 0 Å². The minimum absolute atomic E-state index is 0.0288. The summed E-state index contributed by atoms with van der Waals surface area (Å²) in [6.07, 6.45) is 5.17. The molecule has 0 radical (unpaired) electrons. The van der Waals surface area contributed by atoms with E-state index in [4.69, 9.17) is 0 Å². The van der Waals surface area contributed by atoms with Crippen LogP contribution in [0.3, 0.4) is 0 Å². The van der Waals surface area contributed by atoms with Crippen LogP contribution in [0.1, 0.15) is 38.9 Å². The summed E-state index contributed by atoms with van der Waals surface area (Å²) in [5, 5.41) is 7.34. The Bertz CT molecular complexity index is 776. The van der Waals surface area contributed by atoms with Gasteiger partial charge in [-0.15, -0.1) is 0 Å². The van der Waals surface area contributed by atoms with E-state index in [-0.39, 0.29) is 24.1 Å². The minimum Gasteiger partial charge on any atom is -0.351 e. The van der Waals surface area contributed by atoms with Gasteiger partial charge in [0.05, 0.1) is 0 Å². The molecule has 0 unspecified atom stereocenters. The number of rotatable bonds is 3. The van der Waals surface area contributed by atoms with Gasteiger partial charge in [0.25, 0.3) is 5.56 Å². The molecule has 0 aliphatic heterocycles. The smallest absolute Gasteiger partial charge is 0.291 e. The van der Waals surface area contributed by atoms with Crippen LogP contribution in [-0.4, -0.2) is 26.1 Å². The summed E-state index contributed by atoms with van der Waals surface area (Å²) in [6, 6.07) is 3.75. The summed E-state index contributed by atoms with van der Waals surface area (Å²) in [5.74, 6) is 1.64. The van der Waals surface area contributed by atoms with Crippen LogP contribution in [-0.2, 0) is 11.3 Å². The Hall–Kier alpha value is -2.11. The minimum atomic E-state index is -0.235. The first-order valence-electron chi connectivity index (χ1n) is 8.31. The zero-order valence-corrected chi connectivity index (χ0v) is 14.0. The Morgan fingerprint density at radius 3 is 2.96 bits per heavy atom. The highest BCUT2D eigenvalue weighted by Crippen LogP contribution is 2.29. The van der Waals surface area contributed by atoms with Crippen molar-refractivity contribution in [1.29, 1.82) is 0 Å². The molecule has 3 rings (SSSR count). The van der Waals surface area contributed by atoms with Crippen LogP contribution in [0.5, 0.6) is 0 Å². The standard InChI is InChI=1S/C17H24N4O2/c1-11-6-4-7-14(12(11)2)18-16(22)10-21-17(23)15-8-5-9-20(15)13(3)19-21/h5,8-9,11-12,14H,4,6-7,10H2,1-3H3,(H,18,22)/t11-,12-,14-/m1/s1. The summed E-state index contributed by atoms with van der Waals surface area (Å²) in [6.45, 7) is 6.22. The monoisotopic (exact) mass is 316 g/mol. The third-order valence-corrected chi connectivity index (χ3v) is 5.16. The highest BCUT2D eigenvalue weighted by molar-refractivity contribution is 5.76. The Kier molecular flexibility index (Phi) is 4.24. The Morgan fingerprint density at radius 2 is 2.17 bits per heavy atom. The maximum Gasteiger partial charge on any atom is 0.291 e. The SMILES string of the molecule is Cc1nn(CC(=O)N[C@@H]2CCC[C@@H](C)[C@H]2C)c(=O)c2cccn12. The maximum absolute atomic E-state index is 12.4. The lowest BCUT2D eigenvalue weighted by Crippen LogP contribution is -2.46. The summed E-state index contributed by atoms with van der Waals surface area (Å²) < 4.78 is 3.00. The topological polar surface area (TPSA) is 68.4 Å². The van der Waals surface area contributed by atoms with Crippen molar-refractivity contribution in [2.24, 2.45) is 11.8 Å². The second-order valence-electron chi connectivity index (χ2n) is 6.71. The normalized spacial score (nSPS) is 24.7. The van der Waals surface area contributed by atoms with Crippen molar-refractivity contribution in [1.82, 2.24) is 19.5 Å². The lowest BCUT2D eigenvalue weighted by Gasteiger charge is -2.34. The molecule has 1 N–H and O–H groups in total. The molecule has 23 heavy (non-hydrogen) atoms. The molecule has 0 spiro atoms. The van der Waals surface area contributed by atoms with Gasteiger partial charge in [-0.1, -0.05) is 26.7 Å². The predicted molar refractivity (Wildman–Crippen MR) is 88.3 cm³/mol. The van der Waals surface area contributed by atoms with Gasteiger partial charge in [-0.2, -0.15) is 5.10 Å². The summed E-state index contributed by atoms with van der Waals surface area (Å²) in [5.41, 5.74) is 0.311. The molecule has 0 saturated heterocycles. The van der Waals surface area contributed by atoms with Gasteiger partial charge >= 0.3 is 0 Å². The molecule has 124 valence electrons. The van der Waals surface area contributed by atoms with Crippen molar-refractivity contribution in [3.8, 4) is 0 Å². The van der Waals surface area contributed by atoms with Crippen LogP contribution in [0.25, 0.3) is 5.52 Å². The van der Waals surface area contributed by atoms with E-state index in [1.807, 2.05) is 6.92 Å². The van der Waals surface area contributed by atoms with Crippen LogP contribution in [0.15, 0.2) is 23.1 Å². The zero-order chi connectivity index (χ0) is 16.6. The van der Waals surface area contributed by atoms with Gasteiger partial charge in [-0.05, 0) is 37.3 Å². The molecular weight excluding hydrogens is 292 g/mol. The molecule has 6 nitrogen and oxygen atoms in total. The van der Waals surface area contributed by atoms with Crippen LogP contribution in [0, 0.1) is 18.8 Å². The summed E-state index contributed by atoms with van der Waals surface area (Å²) in [4.78, 5) is 24.7. The third-order valence-electron chi connectivity index (χ3n) is 5.16. The first kappa shape index (κ1) is 15.8. The molecule has 1 amide bonds. The largest absolute Gasteiger partial charge is 0.351 e. The fraction of sp³-hybridized carbons (Fsp3) is 0.588. The lowest BCUT2D eigenvalue weighted by atomic mass is 9.78. The Morgan fingerprint density at radius 1 is 1.39 bits per heavy atom. The second kappa shape index (κ2) is 6.18. The van der Waals surface area contributed by atoms with E-state index in [0.717, 1.165) is 12.8 Å². The quantitative estimate of drug-likeness (QED) is 0.938. The summed E-state index contributed by atoms with van der Waals surface area (Å²) in [7, 11) is 0. The van der Waals surface area contributed by atoms with Gasteiger partial charge in [0, 0.05) is 12.2 Å². The van der Waals surface area contributed by atoms with Crippen LogP contribution < -0.4 is 10.9 Å². The van der Waals surface area contributed by atoms with Gasteiger partial charge in [0.2, 0.25) is 5.91 Å². The van der Waals surface area contributed by atoms with Crippen LogP contribution in [0.4, 0.5) is 0 Å². The molecule has 3 atom stereocenters. The molecule has 2 aromatic heterocycles. The number of amides is 1. The number of carbonyl (C=O) groups is 1. The van der Waals surface area contributed by atoms with E-state index in [0.29, 0.717) is 23.2 Å². The molecule has 0 bridgehead atoms. The number of aryl methyl sites for hydroxylation is 1. The second-order valence-corrected chi connectivity index (χ2v) is 6.71. The molecule has 1 fully saturated rings. The van der Waals surface area contributed by atoms with E-state index in [9.17, 15) is 9.59 Å². The predicted octanol–water partition coefficient (Wildman–Crippen LogP) is 1.75. The van der Waals surface area contributed by atoms with Gasteiger partial charge < -0.3 is 5.32 Å². The molecule has 1 aliphatic carbocycles. The van der Waals surface area contributed by atoms with Gasteiger partial charge in [-0.25, -0.2) is 4.68 Å². The number of aromatic nitrogens is 3. The van der Waals surface area contributed by atoms with Crippen LogP contribution >= 0.6 is 0 Å². The molecule has 6 heteroatoms. The number of fused-ring (bicyclic) bond motifs is 1. The van der Waals surface area contributed by atoms with Crippen molar-refractivity contribution in [2.45, 2.75) is 52.6 Å². The average molecular weight is 316 g/mol. The van der Waals surface area contributed by atoms with Gasteiger partial charge in [-0.3, -0.25) is 14.0 Å². The molecule has 1 saturated carbocycles. The van der Waals surface area contributed by atoms with Crippen molar-refractivity contribution in [3.05, 3.63) is 34.5 Å². The zero-order valence-electron chi connectivity index (χ0n) is 14.0. The van der Waals surface area contributed by atoms with Crippen molar-refractivity contribution in [2.75, 3.05) is 0 Å². The highest BCUT2D eigenvalue weighted by atomic mass is 16.2. The third kappa shape index (κ3) is 3.02. The molecule has 1 aliphatic rings. The summed E-state index contributed by atoms with van der Waals surface area (Å²) >= 11 is 0. The Balaban J connectivity index is 1.75. The highest BCUT2D eigenvalue weighted by Gasteiger charge is 2.28. The number of nitrogens with zero attached hydrogens (tertiary/aromatic N) is 3. The molecule has 2 aromatic rings. The lowest BCUT2D eigenvalue weighted by molar-refractivity contribution is -0.123. The molecule has 0 aromatic carbocycles. The van der Waals surface area contributed by atoms with Gasteiger partial charge in [0.15, 0.2) is 0 Å². The number of hydrogen-bond acceptors (Lipinski definition) is 3. The average Bonchev–Trinajstić information content (AvgIpc) is 2.99. The number of nitrogens with one attached hydrogen (secondary N) is 1. The molecular formula is C17H24N4O2.